The van der Waals surface area contributed by atoms with Gasteiger partial charge >= 0.3 is 5.97 Å². The zero-order valence-corrected chi connectivity index (χ0v) is 12.2. The van der Waals surface area contributed by atoms with E-state index < -0.39 is 16.0 Å². The number of nitrogens with one attached hydrogen (secondary N) is 1. The Kier molecular flexibility index (Phi) is 4.32. The highest BCUT2D eigenvalue weighted by molar-refractivity contribution is 7.93. The fourth-order valence-corrected chi connectivity index (χ4v) is 3.42. The molecule has 0 aromatic heterocycles. The number of benzene rings is 1. The monoisotopic (exact) mass is 297 g/mol. The van der Waals surface area contributed by atoms with Crippen LogP contribution in [0.1, 0.15) is 48.5 Å². The van der Waals surface area contributed by atoms with Gasteiger partial charge in [-0.25, -0.2) is 13.2 Å². The standard InChI is InChI=1S/C14H19NO4S/c1-2-3-4-10-5-6-11(14(16)17)9-13(10)15-20(18,19)12-7-8-12/h5-6,9,12,15H,2-4,7-8H2,1H3,(H,16,17). The van der Waals surface area contributed by atoms with E-state index >= 15 is 0 Å². The van der Waals surface area contributed by atoms with Gasteiger partial charge in [0.2, 0.25) is 10.0 Å². The van der Waals surface area contributed by atoms with E-state index in [-0.39, 0.29) is 10.8 Å². The molecule has 1 saturated carbocycles. The third-order valence-corrected chi connectivity index (χ3v) is 5.23. The van der Waals surface area contributed by atoms with Gasteiger partial charge in [0.25, 0.3) is 0 Å². The van der Waals surface area contributed by atoms with E-state index in [0.29, 0.717) is 18.5 Å². The van der Waals surface area contributed by atoms with Gasteiger partial charge in [0, 0.05) is 0 Å². The molecule has 0 radical (unpaired) electrons. The Hall–Kier alpha value is -1.56. The number of anilines is 1. The van der Waals surface area contributed by atoms with Crippen LogP contribution in [0.15, 0.2) is 18.2 Å². The van der Waals surface area contributed by atoms with Gasteiger partial charge in [-0.1, -0.05) is 19.4 Å². The van der Waals surface area contributed by atoms with Crippen molar-refractivity contribution in [2.45, 2.75) is 44.3 Å². The number of rotatable bonds is 7. The number of carbonyl (C=O) groups is 1. The first-order valence-corrected chi connectivity index (χ1v) is 8.36. The van der Waals surface area contributed by atoms with E-state index in [1.54, 1.807) is 6.07 Å². The number of aryl methyl sites for hydroxylation is 1. The number of aromatic carboxylic acids is 1. The van der Waals surface area contributed by atoms with Gasteiger partial charge in [-0.05, 0) is 43.4 Å². The Balaban J connectivity index is 2.30. The minimum Gasteiger partial charge on any atom is -0.478 e. The van der Waals surface area contributed by atoms with Gasteiger partial charge in [-0.2, -0.15) is 0 Å². The minimum absolute atomic E-state index is 0.0961. The van der Waals surface area contributed by atoms with Crippen molar-refractivity contribution in [3.05, 3.63) is 29.3 Å². The number of hydrogen-bond donors (Lipinski definition) is 2. The summed E-state index contributed by atoms with van der Waals surface area (Å²) >= 11 is 0. The molecule has 1 aliphatic rings. The smallest absolute Gasteiger partial charge is 0.335 e. The van der Waals surface area contributed by atoms with Crippen molar-refractivity contribution in [3.63, 3.8) is 0 Å². The summed E-state index contributed by atoms with van der Waals surface area (Å²) in [4.78, 5) is 11.0. The van der Waals surface area contributed by atoms with Crippen LogP contribution in [0.3, 0.4) is 0 Å². The maximum absolute atomic E-state index is 12.0. The summed E-state index contributed by atoms with van der Waals surface area (Å²) in [5.74, 6) is -1.06. The first-order chi connectivity index (χ1) is 9.44. The number of carboxylic acid groups (broad SMARTS) is 1. The summed E-state index contributed by atoms with van der Waals surface area (Å²) in [6.45, 7) is 2.06. The molecule has 0 amide bonds. The number of unbranched alkanes of at least 4 members (excludes halogenated alkanes) is 1. The lowest BCUT2D eigenvalue weighted by molar-refractivity contribution is 0.0697. The van der Waals surface area contributed by atoms with E-state index in [1.165, 1.54) is 12.1 Å². The number of hydrogen-bond acceptors (Lipinski definition) is 3. The molecular formula is C14H19NO4S. The topological polar surface area (TPSA) is 83.5 Å². The second-order valence-electron chi connectivity index (χ2n) is 5.13. The van der Waals surface area contributed by atoms with Gasteiger partial charge in [0.05, 0.1) is 16.5 Å². The SMILES string of the molecule is CCCCc1ccc(C(=O)O)cc1NS(=O)(=O)C1CC1. The van der Waals surface area contributed by atoms with Gasteiger partial charge in [-0.15, -0.1) is 0 Å². The lowest BCUT2D eigenvalue weighted by atomic mass is 10.0. The van der Waals surface area contributed by atoms with E-state index in [0.717, 1.165) is 24.8 Å². The Bertz CT molecular complexity index is 606. The van der Waals surface area contributed by atoms with Crippen LogP contribution in [0.25, 0.3) is 0 Å². The first kappa shape index (κ1) is 14.8. The molecule has 20 heavy (non-hydrogen) atoms. The van der Waals surface area contributed by atoms with Crippen LogP contribution in [0, 0.1) is 0 Å². The third kappa shape index (κ3) is 3.50. The van der Waals surface area contributed by atoms with Gasteiger partial charge in [0.1, 0.15) is 0 Å². The van der Waals surface area contributed by atoms with Crippen molar-refractivity contribution in [3.8, 4) is 0 Å². The summed E-state index contributed by atoms with van der Waals surface area (Å²) in [6.07, 6.45) is 4.02. The molecule has 0 saturated heterocycles. The van der Waals surface area contributed by atoms with Crippen molar-refractivity contribution in [1.82, 2.24) is 0 Å². The molecule has 0 bridgehead atoms. The van der Waals surface area contributed by atoms with E-state index in [2.05, 4.69) is 11.6 Å². The second-order valence-corrected chi connectivity index (χ2v) is 7.09. The van der Waals surface area contributed by atoms with E-state index in [1.807, 2.05) is 0 Å². The Labute approximate surface area is 119 Å². The Morgan fingerprint density at radius 1 is 1.40 bits per heavy atom. The Morgan fingerprint density at radius 2 is 2.10 bits per heavy atom. The molecule has 0 heterocycles. The number of carboxylic acids is 1. The predicted octanol–water partition coefficient (Wildman–Crippen LogP) is 2.63. The Morgan fingerprint density at radius 3 is 2.65 bits per heavy atom. The summed E-state index contributed by atoms with van der Waals surface area (Å²) in [6, 6.07) is 4.62. The quantitative estimate of drug-likeness (QED) is 0.810. The molecule has 1 aromatic rings. The lowest BCUT2D eigenvalue weighted by Gasteiger charge is -2.13. The van der Waals surface area contributed by atoms with Gasteiger partial charge < -0.3 is 5.11 Å². The van der Waals surface area contributed by atoms with Crippen LogP contribution in [0.5, 0.6) is 0 Å². The van der Waals surface area contributed by atoms with Crippen LogP contribution >= 0.6 is 0 Å². The molecule has 0 unspecified atom stereocenters. The van der Waals surface area contributed by atoms with Crippen molar-refractivity contribution in [2.75, 3.05) is 4.72 Å². The largest absolute Gasteiger partial charge is 0.478 e. The van der Waals surface area contributed by atoms with Crippen molar-refractivity contribution in [2.24, 2.45) is 0 Å². The minimum atomic E-state index is -3.37. The molecule has 5 nitrogen and oxygen atoms in total. The average Bonchev–Trinajstić information content (AvgIpc) is 3.21. The molecule has 0 aliphatic heterocycles. The molecule has 1 aliphatic carbocycles. The zero-order valence-electron chi connectivity index (χ0n) is 11.4. The highest BCUT2D eigenvalue weighted by atomic mass is 32.2. The summed E-state index contributed by atoms with van der Waals surface area (Å²) in [5, 5.41) is 8.69. The normalized spacial score (nSPS) is 15.1. The second kappa shape index (κ2) is 5.83. The van der Waals surface area contributed by atoms with Gasteiger partial charge in [0.15, 0.2) is 0 Å². The molecule has 2 N–H and O–H groups in total. The van der Waals surface area contributed by atoms with Crippen LogP contribution in [-0.2, 0) is 16.4 Å². The van der Waals surface area contributed by atoms with Crippen molar-refractivity contribution in [1.29, 1.82) is 0 Å². The lowest BCUT2D eigenvalue weighted by Crippen LogP contribution is -2.18. The van der Waals surface area contributed by atoms with Gasteiger partial charge in [-0.3, -0.25) is 4.72 Å². The van der Waals surface area contributed by atoms with Crippen LogP contribution < -0.4 is 4.72 Å². The summed E-state index contributed by atoms with van der Waals surface area (Å²) in [7, 11) is -3.37. The van der Waals surface area contributed by atoms with Crippen LogP contribution in [0.4, 0.5) is 5.69 Å². The third-order valence-electron chi connectivity index (χ3n) is 3.37. The fourth-order valence-electron chi connectivity index (χ4n) is 2.00. The van der Waals surface area contributed by atoms with E-state index in [4.69, 9.17) is 5.11 Å². The van der Waals surface area contributed by atoms with E-state index in [9.17, 15) is 13.2 Å². The zero-order chi connectivity index (χ0) is 14.8. The first-order valence-electron chi connectivity index (χ1n) is 6.82. The fraction of sp³-hybridized carbons (Fsp3) is 0.500. The molecule has 0 spiro atoms. The molecular weight excluding hydrogens is 278 g/mol. The van der Waals surface area contributed by atoms with Crippen molar-refractivity contribution >= 4 is 21.7 Å². The molecule has 110 valence electrons. The molecule has 1 aromatic carbocycles. The highest BCUT2D eigenvalue weighted by Gasteiger charge is 2.36. The maximum atomic E-state index is 12.0. The summed E-state index contributed by atoms with van der Waals surface area (Å²) in [5.41, 5.74) is 1.35. The predicted molar refractivity (Wildman–Crippen MR) is 77.6 cm³/mol. The molecule has 1 fully saturated rings. The highest BCUT2D eigenvalue weighted by Crippen LogP contribution is 2.31. The molecule has 6 heteroatoms. The van der Waals surface area contributed by atoms with Crippen LogP contribution in [-0.4, -0.2) is 24.7 Å². The summed E-state index contributed by atoms with van der Waals surface area (Å²) < 4.78 is 26.6. The molecule has 2 rings (SSSR count). The maximum Gasteiger partial charge on any atom is 0.335 e. The van der Waals surface area contributed by atoms with Crippen molar-refractivity contribution < 1.29 is 18.3 Å². The average molecular weight is 297 g/mol. The number of sulfonamides is 1. The van der Waals surface area contributed by atoms with Crippen LogP contribution in [0.2, 0.25) is 0 Å². The molecule has 0 atom stereocenters.